The van der Waals surface area contributed by atoms with Crippen LogP contribution < -0.4 is 5.32 Å². The van der Waals surface area contributed by atoms with Gasteiger partial charge in [-0.25, -0.2) is 0 Å². The summed E-state index contributed by atoms with van der Waals surface area (Å²) in [6.45, 7) is 4.58. The summed E-state index contributed by atoms with van der Waals surface area (Å²) in [5.41, 5.74) is 1.26. The lowest BCUT2D eigenvalue weighted by atomic mass is 10.0. The Morgan fingerprint density at radius 3 is 2.81 bits per heavy atom. The van der Waals surface area contributed by atoms with E-state index >= 15 is 0 Å². The van der Waals surface area contributed by atoms with Crippen LogP contribution >= 0.6 is 0 Å². The van der Waals surface area contributed by atoms with Crippen LogP contribution in [0, 0.1) is 0 Å². The number of aliphatic hydroxyl groups excluding tert-OH is 1. The quantitative estimate of drug-likeness (QED) is 0.696. The van der Waals surface area contributed by atoms with Crippen LogP contribution in [-0.4, -0.2) is 31.0 Å². The Morgan fingerprint density at radius 2 is 1.95 bits per heavy atom. The Morgan fingerprint density at radius 1 is 1.14 bits per heavy atom. The molecule has 2 rings (SSSR count). The van der Waals surface area contributed by atoms with E-state index in [1.165, 1.54) is 16.3 Å². The molecule has 0 aliphatic heterocycles. The van der Waals surface area contributed by atoms with E-state index in [1.54, 1.807) is 0 Å². The maximum atomic E-state index is 9.85. The highest BCUT2D eigenvalue weighted by atomic mass is 16.5. The van der Waals surface area contributed by atoms with Crippen molar-refractivity contribution < 1.29 is 9.84 Å². The van der Waals surface area contributed by atoms with Crippen molar-refractivity contribution >= 4 is 10.8 Å². The van der Waals surface area contributed by atoms with E-state index in [9.17, 15) is 5.11 Å². The fourth-order valence-electron chi connectivity index (χ4n) is 2.34. The standard InChI is InChI=1S/C18H25NO2/c1-2-3-11-21-14-17(20)13-19-12-16-9-6-8-15-7-4-5-10-18(15)16/h4-10,17,19-20H,2-3,11-14H2,1H3. The SMILES string of the molecule is CCCCOCC(O)CNCc1cccc2ccccc12. The highest BCUT2D eigenvalue weighted by Crippen LogP contribution is 2.18. The predicted molar refractivity (Wildman–Crippen MR) is 87.4 cm³/mol. The van der Waals surface area contributed by atoms with Gasteiger partial charge in [0.25, 0.3) is 0 Å². The first-order valence-corrected chi connectivity index (χ1v) is 7.74. The van der Waals surface area contributed by atoms with Gasteiger partial charge in [-0.3, -0.25) is 0 Å². The molecule has 0 bridgehead atoms. The monoisotopic (exact) mass is 287 g/mol. The van der Waals surface area contributed by atoms with Crippen LogP contribution in [0.3, 0.4) is 0 Å². The molecule has 0 amide bonds. The number of hydrogen-bond acceptors (Lipinski definition) is 3. The number of aliphatic hydroxyl groups is 1. The second-order valence-corrected chi connectivity index (χ2v) is 5.35. The molecule has 0 aliphatic rings. The zero-order valence-corrected chi connectivity index (χ0v) is 12.7. The van der Waals surface area contributed by atoms with Gasteiger partial charge >= 0.3 is 0 Å². The Labute approximate surface area is 126 Å². The van der Waals surface area contributed by atoms with Gasteiger partial charge in [0.15, 0.2) is 0 Å². The fourth-order valence-corrected chi connectivity index (χ4v) is 2.34. The molecule has 0 saturated carbocycles. The molecular formula is C18H25NO2. The van der Waals surface area contributed by atoms with Gasteiger partial charge < -0.3 is 15.2 Å². The van der Waals surface area contributed by atoms with Crippen molar-refractivity contribution in [1.29, 1.82) is 0 Å². The molecule has 114 valence electrons. The molecule has 0 heterocycles. The van der Waals surface area contributed by atoms with Gasteiger partial charge in [0.2, 0.25) is 0 Å². The van der Waals surface area contributed by atoms with Crippen LogP contribution in [0.4, 0.5) is 0 Å². The van der Waals surface area contributed by atoms with E-state index < -0.39 is 6.10 Å². The van der Waals surface area contributed by atoms with Crippen molar-refractivity contribution in [1.82, 2.24) is 5.32 Å². The predicted octanol–water partition coefficient (Wildman–Crippen LogP) is 3.11. The largest absolute Gasteiger partial charge is 0.389 e. The minimum Gasteiger partial charge on any atom is -0.389 e. The first-order chi connectivity index (χ1) is 10.3. The normalized spacial score (nSPS) is 12.7. The number of fused-ring (bicyclic) bond motifs is 1. The second-order valence-electron chi connectivity index (χ2n) is 5.35. The lowest BCUT2D eigenvalue weighted by Gasteiger charge is -2.13. The summed E-state index contributed by atoms with van der Waals surface area (Å²) in [6, 6.07) is 14.7. The molecule has 2 aromatic rings. The molecule has 3 nitrogen and oxygen atoms in total. The van der Waals surface area contributed by atoms with Crippen LogP contribution in [0.5, 0.6) is 0 Å². The van der Waals surface area contributed by atoms with Gasteiger partial charge in [0.1, 0.15) is 0 Å². The summed E-state index contributed by atoms with van der Waals surface area (Å²) in [7, 11) is 0. The molecule has 21 heavy (non-hydrogen) atoms. The zero-order chi connectivity index (χ0) is 14.9. The Balaban J connectivity index is 1.77. The van der Waals surface area contributed by atoms with Crippen LogP contribution in [0.25, 0.3) is 10.8 Å². The third-order valence-electron chi connectivity index (χ3n) is 3.53. The minimum atomic E-state index is -0.447. The number of rotatable bonds is 9. The first kappa shape index (κ1) is 16.0. The maximum Gasteiger partial charge on any atom is 0.0897 e. The Kier molecular flexibility index (Phi) is 6.67. The summed E-state index contributed by atoms with van der Waals surface area (Å²) in [5.74, 6) is 0. The van der Waals surface area contributed by atoms with Gasteiger partial charge in [-0.05, 0) is 22.8 Å². The molecule has 2 aromatic carbocycles. The molecule has 1 atom stereocenters. The Hall–Kier alpha value is -1.42. The molecule has 0 saturated heterocycles. The van der Waals surface area contributed by atoms with E-state index in [0.29, 0.717) is 13.2 Å². The van der Waals surface area contributed by atoms with Gasteiger partial charge in [-0.15, -0.1) is 0 Å². The third kappa shape index (κ3) is 5.12. The van der Waals surface area contributed by atoms with Crippen LogP contribution in [0.15, 0.2) is 42.5 Å². The molecule has 0 aliphatic carbocycles. The molecule has 2 N–H and O–H groups in total. The molecule has 0 aromatic heterocycles. The average Bonchev–Trinajstić information content (AvgIpc) is 2.52. The van der Waals surface area contributed by atoms with E-state index in [4.69, 9.17) is 4.74 Å². The second kappa shape index (κ2) is 8.78. The molecule has 0 fully saturated rings. The highest BCUT2D eigenvalue weighted by Gasteiger charge is 2.05. The van der Waals surface area contributed by atoms with Crippen molar-refractivity contribution in [3.8, 4) is 0 Å². The van der Waals surface area contributed by atoms with Crippen LogP contribution in [0.2, 0.25) is 0 Å². The summed E-state index contributed by atoms with van der Waals surface area (Å²) >= 11 is 0. The van der Waals surface area contributed by atoms with Crippen molar-refractivity contribution in [3.63, 3.8) is 0 Å². The molecule has 3 heteroatoms. The van der Waals surface area contributed by atoms with Gasteiger partial charge in [-0.1, -0.05) is 55.8 Å². The van der Waals surface area contributed by atoms with Crippen molar-refractivity contribution in [2.45, 2.75) is 32.4 Å². The van der Waals surface area contributed by atoms with Crippen LogP contribution in [-0.2, 0) is 11.3 Å². The van der Waals surface area contributed by atoms with Gasteiger partial charge in [0, 0.05) is 19.7 Å². The first-order valence-electron chi connectivity index (χ1n) is 7.74. The van der Waals surface area contributed by atoms with Gasteiger partial charge in [-0.2, -0.15) is 0 Å². The lowest BCUT2D eigenvalue weighted by molar-refractivity contribution is 0.0358. The maximum absolute atomic E-state index is 9.85. The molecule has 1 unspecified atom stereocenters. The smallest absolute Gasteiger partial charge is 0.0897 e. The summed E-state index contributed by atoms with van der Waals surface area (Å²) in [5, 5.41) is 15.7. The summed E-state index contributed by atoms with van der Waals surface area (Å²) in [4.78, 5) is 0. The highest BCUT2D eigenvalue weighted by molar-refractivity contribution is 5.85. The number of hydrogen-bond donors (Lipinski definition) is 2. The zero-order valence-electron chi connectivity index (χ0n) is 12.7. The average molecular weight is 287 g/mol. The number of benzene rings is 2. The third-order valence-corrected chi connectivity index (χ3v) is 3.53. The van der Waals surface area contributed by atoms with E-state index in [2.05, 4.69) is 54.7 Å². The topological polar surface area (TPSA) is 41.5 Å². The van der Waals surface area contributed by atoms with E-state index in [0.717, 1.165) is 26.0 Å². The number of unbranched alkanes of at least 4 members (excludes halogenated alkanes) is 1. The van der Waals surface area contributed by atoms with Crippen molar-refractivity contribution in [2.75, 3.05) is 19.8 Å². The molecule has 0 radical (unpaired) electrons. The fraction of sp³-hybridized carbons (Fsp3) is 0.444. The molecular weight excluding hydrogens is 262 g/mol. The Bertz CT molecular complexity index is 536. The summed E-state index contributed by atoms with van der Waals surface area (Å²) in [6.07, 6.45) is 1.72. The van der Waals surface area contributed by atoms with E-state index in [-0.39, 0.29) is 0 Å². The van der Waals surface area contributed by atoms with Crippen molar-refractivity contribution in [2.24, 2.45) is 0 Å². The van der Waals surface area contributed by atoms with E-state index in [1.807, 2.05) is 0 Å². The van der Waals surface area contributed by atoms with Crippen molar-refractivity contribution in [3.05, 3.63) is 48.0 Å². The number of nitrogens with one attached hydrogen (secondary N) is 1. The number of ether oxygens (including phenoxy) is 1. The lowest BCUT2D eigenvalue weighted by Crippen LogP contribution is -2.30. The summed E-state index contributed by atoms with van der Waals surface area (Å²) < 4.78 is 5.42. The molecule has 0 spiro atoms. The van der Waals surface area contributed by atoms with Crippen LogP contribution in [0.1, 0.15) is 25.3 Å². The van der Waals surface area contributed by atoms with Gasteiger partial charge in [0.05, 0.1) is 12.7 Å². The minimum absolute atomic E-state index is 0.405.